The van der Waals surface area contributed by atoms with Crippen molar-refractivity contribution >= 4 is 52.2 Å². The molecule has 2 aliphatic heterocycles. The molecule has 1 fully saturated rings. The van der Waals surface area contributed by atoms with Gasteiger partial charge in [0, 0.05) is 6.07 Å². The fraction of sp³-hybridized carbons (Fsp3) is 0.261. The van der Waals surface area contributed by atoms with Crippen LogP contribution < -0.4 is 29.2 Å². The van der Waals surface area contributed by atoms with E-state index in [0.717, 1.165) is 8.47 Å². The van der Waals surface area contributed by atoms with Crippen molar-refractivity contribution in [1.82, 2.24) is 5.32 Å². The Morgan fingerprint density at radius 2 is 1.91 bits per heavy atom. The zero-order valence-electron chi connectivity index (χ0n) is 18.1. The Hall–Kier alpha value is -3.28. The molecule has 0 spiro atoms. The van der Waals surface area contributed by atoms with Crippen molar-refractivity contribution in [3.63, 3.8) is 0 Å². The number of hydrogen-bond acceptors (Lipinski definition) is 7. The zero-order chi connectivity index (χ0) is 23.7. The summed E-state index contributed by atoms with van der Waals surface area (Å²) in [4.78, 5) is 39.1. The van der Waals surface area contributed by atoms with Crippen LogP contribution in [0.1, 0.15) is 26.3 Å². The van der Waals surface area contributed by atoms with E-state index in [1.165, 1.54) is 12.1 Å². The first kappa shape index (κ1) is 22.9. The Bertz CT molecular complexity index is 1180. The normalized spacial score (nSPS) is 16.5. The van der Waals surface area contributed by atoms with E-state index in [1.54, 1.807) is 24.3 Å². The minimum Gasteiger partial charge on any atom is -0.490 e. The van der Waals surface area contributed by atoms with Crippen molar-refractivity contribution < 1.29 is 33.3 Å². The molecule has 0 aromatic heterocycles. The second kappa shape index (κ2) is 9.30. The molecule has 2 heterocycles. The summed E-state index contributed by atoms with van der Waals surface area (Å²) in [6.07, 6.45) is 1.36. The van der Waals surface area contributed by atoms with Crippen LogP contribution in [0.25, 0.3) is 6.08 Å². The minimum atomic E-state index is -0.841. The first-order chi connectivity index (χ1) is 15.8. The highest BCUT2D eigenvalue weighted by Gasteiger charge is 2.37. The number of rotatable bonds is 6. The number of imide groups is 2. The summed E-state index contributed by atoms with van der Waals surface area (Å²) < 4.78 is 22.9. The number of nitrogens with one attached hydrogen (secondary N) is 1. The molecule has 10 heteroatoms. The molecule has 1 N–H and O–H groups in total. The van der Waals surface area contributed by atoms with Crippen molar-refractivity contribution in [2.45, 2.75) is 26.9 Å². The van der Waals surface area contributed by atoms with E-state index < -0.39 is 17.8 Å². The minimum absolute atomic E-state index is 0.0554. The van der Waals surface area contributed by atoms with Gasteiger partial charge in [-0.05, 0) is 79.3 Å². The number of hydrogen-bond donors (Lipinski definition) is 1. The lowest BCUT2D eigenvalue weighted by Crippen LogP contribution is -2.54. The number of anilines is 1. The van der Waals surface area contributed by atoms with Crippen molar-refractivity contribution in [3.05, 3.63) is 45.0 Å². The van der Waals surface area contributed by atoms with Crippen molar-refractivity contribution in [3.8, 4) is 23.0 Å². The molecule has 0 saturated carbocycles. The molecule has 0 aliphatic carbocycles. The zero-order valence-corrected chi connectivity index (χ0v) is 20.3. The number of ether oxygens (including phenoxy) is 4. The summed E-state index contributed by atoms with van der Waals surface area (Å²) in [5.41, 5.74) is 0.617. The number of halogens is 1. The molecule has 33 heavy (non-hydrogen) atoms. The highest BCUT2D eigenvalue weighted by atomic mass is 127. The van der Waals surface area contributed by atoms with Gasteiger partial charge in [0.15, 0.2) is 23.0 Å². The molecule has 4 rings (SSSR count). The number of barbiturate groups is 1. The van der Waals surface area contributed by atoms with Crippen LogP contribution in [-0.4, -0.2) is 37.3 Å². The van der Waals surface area contributed by atoms with Crippen LogP contribution in [0.15, 0.2) is 35.9 Å². The van der Waals surface area contributed by atoms with E-state index in [-0.39, 0.29) is 24.2 Å². The molecule has 0 bridgehead atoms. The van der Waals surface area contributed by atoms with Crippen LogP contribution in [0.3, 0.4) is 0 Å². The average molecular weight is 564 g/mol. The van der Waals surface area contributed by atoms with Crippen LogP contribution in [-0.2, 0) is 9.59 Å². The number of carbonyl (C=O) groups excluding carboxylic acids is 3. The van der Waals surface area contributed by atoms with Gasteiger partial charge in [-0.3, -0.25) is 14.9 Å². The molecule has 2 aliphatic rings. The first-order valence-electron chi connectivity index (χ1n) is 10.2. The predicted octanol–water partition coefficient (Wildman–Crippen LogP) is 3.87. The molecular formula is C23H21IN2O7. The second-order valence-corrected chi connectivity index (χ2v) is 8.59. The molecule has 4 amide bonds. The summed E-state index contributed by atoms with van der Waals surface area (Å²) in [6, 6.07) is 7.29. The van der Waals surface area contributed by atoms with E-state index in [1.807, 2.05) is 20.8 Å². The van der Waals surface area contributed by atoms with Gasteiger partial charge in [-0.25, -0.2) is 9.69 Å². The molecule has 1 saturated heterocycles. The average Bonchev–Trinajstić information content (AvgIpc) is 3.21. The number of fused-ring (bicyclic) bond motifs is 1. The molecule has 0 atom stereocenters. The van der Waals surface area contributed by atoms with E-state index >= 15 is 0 Å². The molecule has 0 unspecified atom stereocenters. The molecule has 2 aromatic carbocycles. The van der Waals surface area contributed by atoms with Gasteiger partial charge in [0.05, 0.1) is 22.0 Å². The third-order valence-corrected chi connectivity index (χ3v) is 5.51. The third-order valence-electron chi connectivity index (χ3n) is 4.71. The topological polar surface area (TPSA) is 103 Å². The number of amides is 4. The summed E-state index contributed by atoms with van der Waals surface area (Å²) >= 11 is 2.11. The van der Waals surface area contributed by atoms with Crippen molar-refractivity contribution in [1.29, 1.82) is 0 Å². The summed E-state index contributed by atoms with van der Waals surface area (Å²) in [5.74, 6) is 0.475. The van der Waals surface area contributed by atoms with Gasteiger partial charge in [0.2, 0.25) is 6.79 Å². The van der Waals surface area contributed by atoms with E-state index in [0.29, 0.717) is 35.2 Å². The van der Waals surface area contributed by atoms with Crippen LogP contribution in [0.4, 0.5) is 10.5 Å². The number of urea groups is 1. The SMILES string of the molecule is CCOc1cc(/C=C2\C(=O)NC(=O)N(c3ccc4c(c3)OCO4)C2=O)cc(I)c1OC(C)C. The summed E-state index contributed by atoms with van der Waals surface area (Å²) in [6.45, 7) is 6.14. The first-order valence-corrected chi connectivity index (χ1v) is 11.3. The maximum Gasteiger partial charge on any atom is 0.335 e. The summed E-state index contributed by atoms with van der Waals surface area (Å²) in [7, 11) is 0. The number of nitrogens with zero attached hydrogens (tertiary/aromatic N) is 1. The monoisotopic (exact) mass is 564 g/mol. The third kappa shape index (κ3) is 4.61. The lowest BCUT2D eigenvalue weighted by Gasteiger charge is -2.26. The second-order valence-electron chi connectivity index (χ2n) is 7.43. The molecule has 172 valence electrons. The van der Waals surface area contributed by atoms with Gasteiger partial charge < -0.3 is 18.9 Å². The van der Waals surface area contributed by atoms with Gasteiger partial charge in [0.25, 0.3) is 11.8 Å². The van der Waals surface area contributed by atoms with E-state index in [2.05, 4.69) is 27.9 Å². The van der Waals surface area contributed by atoms with Gasteiger partial charge in [-0.15, -0.1) is 0 Å². The standard InChI is InChI=1S/C23H21IN2O7/c1-4-30-19-9-13(8-16(24)20(19)33-12(2)3)7-15-21(27)25-23(29)26(22(15)28)14-5-6-17-18(10-14)32-11-31-17/h5-10,12H,4,11H2,1-3H3,(H,25,27,29)/b15-7+. The fourth-order valence-corrected chi connectivity index (χ4v) is 4.12. The Morgan fingerprint density at radius 3 is 2.64 bits per heavy atom. The highest BCUT2D eigenvalue weighted by Crippen LogP contribution is 2.38. The maximum atomic E-state index is 13.2. The molecular weight excluding hydrogens is 543 g/mol. The maximum absolute atomic E-state index is 13.2. The largest absolute Gasteiger partial charge is 0.490 e. The van der Waals surface area contributed by atoms with Gasteiger partial charge in [-0.1, -0.05) is 0 Å². The molecule has 9 nitrogen and oxygen atoms in total. The van der Waals surface area contributed by atoms with Crippen LogP contribution in [0, 0.1) is 3.57 Å². The van der Waals surface area contributed by atoms with Gasteiger partial charge >= 0.3 is 6.03 Å². The van der Waals surface area contributed by atoms with Crippen LogP contribution >= 0.6 is 22.6 Å². The predicted molar refractivity (Wildman–Crippen MR) is 128 cm³/mol. The highest BCUT2D eigenvalue weighted by molar-refractivity contribution is 14.1. The quantitative estimate of drug-likeness (QED) is 0.323. The van der Waals surface area contributed by atoms with E-state index in [9.17, 15) is 14.4 Å². The van der Waals surface area contributed by atoms with Crippen LogP contribution in [0.5, 0.6) is 23.0 Å². The van der Waals surface area contributed by atoms with Crippen molar-refractivity contribution in [2.75, 3.05) is 18.3 Å². The molecule has 0 radical (unpaired) electrons. The fourth-order valence-electron chi connectivity index (χ4n) is 3.37. The number of carbonyl (C=O) groups is 3. The van der Waals surface area contributed by atoms with Crippen molar-refractivity contribution in [2.24, 2.45) is 0 Å². The Balaban J connectivity index is 1.72. The summed E-state index contributed by atoms with van der Waals surface area (Å²) in [5, 5.41) is 2.22. The Labute approximate surface area is 203 Å². The van der Waals surface area contributed by atoms with Gasteiger partial charge in [-0.2, -0.15) is 0 Å². The lowest BCUT2D eigenvalue weighted by atomic mass is 10.1. The molecule has 2 aromatic rings. The van der Waals surface area contributed by atoms with Gasteiger partial charge in [0.1, 0.15) is 5.57 Å². The van der Waals surface area contributed by atoms with Crippen LogP contribution in [0.2, 0.25) is 0 Å². The Kier molecular flexibility index (Phi) is 6.45. The lowest BCUT2D eigenvalue weighted by molar-refractivity contribution is -0.122. The Morgan fingerprint density at radius 1 is 1.15 bits per heavy atom. The smallest absolute Gasteiger partial charge is 0.335 e. The van der Waals surface area contributed by atoms with E-state index in [4.69, 9.17) is 18.9 Å². The number of benzene rings is 2.